The molecule has 0 atom stereocenters. The van der Waals surface area contributed by atoms with Crippen LogP contribution in [-0.2, 0) is 6.42 Å². The highest BCUT2D eigenvalue weighted by atomic mass is 79.9. The number of fused-ring (bicyclic) bond motifs is 1. The third-order valence-corrected chi connectivity index (χ3v) is 3.69. The van der Waals surface area contributed by atoms with Crippen molar-refractivity contribution >= 4 is 38.5 Å². The zero-order chi connectivity index (χ0) is 15.5. The summed E-state index contributed by atoms with van der Waals surface area (Å²) in [5.74, 6) is -0.0467. The zero-order valence-corrected chi connectivity index (χ0v) is 13.1. The van der Waals surface area contributed by atoms with E-state index in [0.717, 1.165) is 15.4 Å². The van der Waals surface area contributed by atoms with E-state index >= 15 is 0 Å². The molecule has 3 aromatic rings. The first kappa shape index (κ1) is 14.4. The molecule has 0 saturated heterocycles. The lowest BCUT2D eigenvalue weighted by Crippen LogP contribution is -2.10. The van der Waals surface area contributed by atoms with Gasteiger partial charge in [-0.15, -0.1) is 0 Å². The van der Waals surface area contributed by atoms with Crippen molar-refractivity contribution in [3.8, 4) is 6.07 Å². The van der Waals surface area contributed by atoms with Gasteiger partial charge in [0, 0.05) is 15.5 Å². The van der Waals surface area contributed by atoms with E-state index in [-0.39, 0.29) is 11.7 Å². The Balaban J connectivity index is 1.79. The predicted octanol–water partition coefficient (Wildman–Crippen LogP) is 4.51. The standard InChI is InChI=1S/C17H11BrN2O2/c18-13-3-6-15-12(9-13)10-16(22-15)17(21)20-14-4-1-11(2-5-14)7-8-19/h1-6,9-10H,7H2,(H,20,21). The lowest BCUT2D eigenvalue weighted by Gasteiger charge is -2.03. The average Bonchev–Trinajstić information content (AvgIpc) is 2.92. The first-order valence-corrected chi connectivity index (χ1v) is 7.41. The van der Waals surface area contributed by atoms with Gasteiger partial charge in [-0.05, 0) is 42.0 Å². The van der Waals surface area contributed by atoms with E-state index in [1.807, 2.05) is 30.3 Å². The van der Waals surface area contributed by atoms with Gasteiger partial charge in [-0.3, -0.25) is 4.79 Å². The number of nitrogens with one attached hydrogen (secondary N) is 1. The molecule has 3 rings (SSSR count). The summed E-state index contributed by atoms with van der Waals surface area (Å²) in [6, 6.07) is 16.5. The van der Waals surface area contributed by atoms with Crippen LogP contribution < -0.4 is 5.32 Å². The van der Waals surface area contributed by atoms with Gasteiger partial charge < -0.3 is 9.73 Å². The fourth-order valence-corrected chi connectivity index (χ4v) is 2.49. The number of hydrogen-bond donors (Lipinski definition) is 1. The van der Waals surface area contributed by atoms with Gasteiger partial charge in [-0.2, -0.15) is 5.26 Å². The van der Waals surface area contributed by atoms with Gasteiger partial charge in [0.15, 0.2) is 5.76 Å². The van der Waals surface area contributed by atoms with Crippen LogP contribution in [0.4, 0.5) is 5.69 Å². The molecule has 0 unspecified atom stereocenters. The number of amides is 1. The van der Waals surface area contributed by atoms with E-state index in [4.69, 9.17) is 9.68 Å². The van der Waals surface area contributed by atoms with E-state index in [2.05, 4.69) is 27.3 Å². The summed E-state index contributed by atoms with van der Waals surface area (Å²) in [5, 5.41) is 12.3. The average molecular weight is 355 g/mol. The summed E-state index contributed by atoms with van der Waals surface area (Å²) in [5.41, 5.74) is 2.24. The molecular formula is C17H11BrN2O2. The van der Waals surface area contributed by atoms with Gasteiger partial charge in [-0.1, -0.05) is 28.1 Å². The number of nitriles is 1. The quantitative estimate of drug-likeness (QED) is 0.752. The molecule has 0 radical (unpaired) electrons. The molecule has 0 fully saturated rings. The normalized spacial score (nSPS) is 10.4. The van der Waals surface area contributed by atoms with E-state index < -0.39 is 0 Å². The Morgan fingerprint density at radius 1 is 1.18 bits per heavy atom. The minimum atomic E-state index is -0.305. The van der Waals surface area contributed by atoms with Crippen LogP contribution in [0.1, 0.15) is 16.1 Å². The number of furan rings is 1. The summed E-state index contributed by atoms with van der Waals surface area (Å²) in [6.07, 6.45) is 0.354. The Hall–Kier alpha value is -2.58. The maximum absolute atomic E-state index is 12.2. The van der Waals surface area contributed by atoms with E-state index in [1.54, 1.807) is 18.2 Å². The van der Waals surface area contributed by atoms with Crippen LogP contribution in [0.3, 0.4) is 0 Å². The Kier molecular flexibility index (Phi) is 3.94. The van der Waals surface area contributed by atoms with Crippen molar-refractivity contribution < 1.29 is 9.21 Å². The Morgan fingerprint density at radius 3 is 2.68 bits per heavy atom. The van der Waals surface area contributed by atoms with Crippen LogP contribution in [0.25, 0.3) is 11.0 Å². The maximum Gasteiger partial charge on any atom is 0.291 e. The predicted molar refractivity (Wildman–Crippen MR) is 87.6 cm³/mol. The molecule has 1 amide bonds. The van der Waals surface area contributed by atoms with E-state index in [1.165, 1.54) is 0 Å². The molecule has 108 valence electrons. The van der Waals surface area contributed by atoms with Crippen molar-refractivity contribution in [2.45, 2.75) is 6.42 Å². The summed E-state index contributed by atoms with van der Waals surface area (Å²) < 4.78 is 6.47. The van der Waals surface area contributed by atoms with Crippen molar-refractivity contribution in [2.24, 2.45) is 0 Å². The number of benzene rings is 2. The highest BCUT2D eigenvalue weighted by Gasteiger charge is 2.12. The SMILES string of the molecule is N#CCc1ccc(NC(=O)c2cc3cc(Br)ccc3o2)cc1. The highest BCUT2D eigenvalue weighted by molar-refractivity contribution is 9.10. The minimum absolute atomic E-state index is 0.259. The van der Waals surface area contributed by atoms with Crippen molar-refractivity contribution in [2.75, 3.05) is 5.32 Å². The number of nitrogens with zero attached hydrogens (tertiary/aromatic N) is 1. The second-order valence-electron chi connectivity index (χ2n) is 4.78. The number of anilines is 1. The maximum atomic E-state index is 12.2. The van der Waals surface area contributed by atoms with Crippen molar-refractivity contribution in [1.82, 2.24) is 0 Å². The van der Waals surface area contributed by atoms with Crippen LogP contribution >= 0.6 is 15.9 Å². The zero-order valence-electron chi connectivity index (χ0n) is 11.5. The highest BCUT2D eigenvalue weighted by Crippen LogP contribution is 2.24. The molecule has 0 saturated carbocycles. The monoisotopic (exact) mass is 354 g/mol. The summed E-state index contributed by atoms with van der Waals surface area (Å²) in [7, 11) is 0. The van der Waals surface area contributed by atoms with Crippen molar-refractivity contribution in [1.29, 1.82) is 5.26 Å². The molecule has 1 heterocycles. The molecule has 0 aliphatic rings. The van der Waals surface area contributed by atoms with Crippen molar-refractivity contribution in [3.05, 3.63) is 64.3 Å². The number of carbonyl (C=O) groups is 1. The minimum Gasteiger partial charge on any atom is -0.451 e. The second kappa shape index (κ2) is 6.04. The molecule has 2 aromatic carbocycles. The van der Waals surface area contributed by atoms with Crippen LogP contribution in [0.15, 0.2) is 57.4 Å². The number of carbonyl (C=O) groups excluding carboxylic acids is 1. The smallest absolute Gasteiger partial charge is 0.291 e. The molecule has 5 heteroatoms. The van der Waals surface area contributed by atoms with Crippen LogP contribution in [0.5, 0.6) is 0 Å². The molecule has 0 spiro atoms. The topological polar surface area (TPSA) is 66.0 Å². The fourth-order valence-electron chi connectivity index (χ4n) is 2.12. The largest absolute Gasteiger partial charge is 0.451 e. The lowest BCUT2D eigenvalue weighted by molar-refractivity contribution is 0.0998. The van der Waals surface area contributed by atoms with Gasteiger partial charge >= 0.3 is 0 Å². The Labute approximate surface area is 135 Å². The van der Waals surface area contributed by atoms with Gasteiger partial charge in [0.25, 0.3) is 5.91 Å². The first-order chi connectivity index (χ1) is 10.7. The summed E-state index contributed by atoms with van der Waals surface area (Å²) in [4.78, 5) is 12.2. The van der Waals surface area contributed by atoms with Crippen LogP contribution in [-0.4, -0.2) is 5.91 Å². The molecule has 0 aliphatic carbocycles. The Morgan fingerprint density at radius 2 is 1.95 bits per heavy atom. The van der Waals surface area contributed by atoms with Gasteiger partial charge in [-0.25, -0.2) is 0 Å². The third-order valence-electron chi connectivity index (χ3n) is 3.20. The number of hydrogen-bond acceptors (Lipinski definition) is 3. The molecule has 1 aromatic heterocycles. The van der Waals surface area contributed by atoms with Gasteiger partial charge in [0.2, 0.25) is 0 Å². The van der Waals surface area contributed by atoms with Crippen LogP contribution in [0.2, 0.25) is 0 Å². The molecule has 1 N–H and O–H groups in total. The molecule has 22 heavy (non-hydrogen) atoms. The first-order valence-electron chi connectivity index (χ1n) is 6.62. The number of rotatable bonds is 3. The second-order valence-corrected chi connectivity index (χ2v) is 5.69. The summed E-state index contributed by atoms with van der Waals surface area (Å²) in [6.45, 7) is 0. The third kappa shape index (κ3) is 3.02. The lowest BCUT2D eigenvalue weighted by atomic mass is 10.1. The molecule has 0 bridgehead atoms. The molecular weight excluding hydrogens is 344 g/mol. The molecule has 0 aliphatic heterocycles. The van der Waals surface area contributed by atoms with Gasteiger partial charge in [0.1, 0.15) is 5.58 Å². The van der Waals surface area contributed by atoms with Crippen LogP contribution in [0, 0.1) is 11.3 Å². The fraction of sp³-hybridized carbons (Fsp3) is 0.0588. The van der Waals surface area contributed by atoms with Gasteiger partial charge in [0.05, 0.1) is 12.5 Å². The number of halogens is 1. The summed E-state index contributed by atoms with van der Waals surface area (Å²) >= 11 is 3.39. The van der Waals surface area contributed by atoms with E-state index in [9.17, 15) is 4.79 Å². The molecule has 4 nitrogen and oxygen atoms in total. The Bertz CT molecular complexity index is 876. The van der Waals surface area contributed by atoms with Crippen molar-refractivity contribution in [3.63, 3.8) is 0 Å². The van der Waals surface area contributed by atoms with E-state index in [0.29, 0.717) is 17.7 Å².